The van der Waals surface area contributed by atoms with Gasteiger partial charge in [0.15, 0.2) is 6.23 Å². The standard InChI is InChI=1S/C12H15BrN4O5/c13-8-6(4-18)22-11(9(8)20)17-3-5(1-2-7(14)19)10(15)16-12(17)21/h1-3,6,8-9,11,18,20H,4H2,(H2,14,19)(H2,15,16,21)/b2-1+/t6-,8+,9-,11-/m1/s1. The number of aliphatic hydroxyl groups excluding tert-OH is 2. The first-order valence-corrected chi connectivity index (χ1v) is 7.21. The number of aliphatic hydroxyl groups is 2. The van der Waals surface area contributed by atoms with Crippen molar-refractivity contribution in [2.24, 2.45) is 5.73 Å². The second-order valence-electron chi connectivity index (χ2n) is 4.69. The van der Waals surface area contributed by atoms with E-state index in [1.54, 1.807) is 0 Å². The van der Waals surface area contributed by atoms with Crippen LogP contribution in [-0.4, -0.2) is 49.3 Å². The monoisotopic (exact) mass is 374 g/mol. The van der Waals surface area contributed by atoms with Gasteiger partial charge < -0.3 is 26.4 Å². The van der Waals surface area contributed by atoms with Crippen molar-refractivity contribution in [1.29, 1.82) is 0 Å². The van der Waals surface area contributed by atoms with Crippen LogP contribution in [0.25, 0.3) is 6.08 Å². The smallest absolute Gasteiger partial charge is 0.351 e. The lowest BCUT2D eigenvalue weighted by Crippen LogP contribution is -2.34. The van der Waals surface area contributed by atoms with Gasteiger partial charge in [0.05, 0.1) is 17.5 Å². The SMILES string of the molecule is NC(=O)/C=C/c1cn([C@@H]2O[C@H](CO)[C@H](Br)[C@H]2O)c(=O)nc1N. The zero-order chi connectivity index (χ0) is 16.4. The molecule has 0 radical (unpaired) electrons. The van der Waals surface area contributed by atoms with Crippen LogP contribution in [0.15, 0.2) is 17.1 Å². The number of carbonyl (C=O) groups excluding carboxylic acids is 1. The molecular formula is C12H15BrN4O5. The predicted octanol–water partition coefficient (Wildman–Crippen LogP) is -1.66. The molecule has 1 fully saturated rings. The predicted molar refractivity (Wildman–Crippen MR) is 80.9 cm³/mol. The number of nitrogens with two attached hydrogens (primary N) is 2. The van der Waals surface area contributed by atoms with Crippen molar-refractivity contribution in [1.82, 2.24) is 9.55 Å². The number of ether oxygens (including phenoxy) is 1. The van der Waals surface area contributed by atoms with E-state index in [0.29, 0.717) is 0 Å². The van der Waals surface area contributed by atoms with E-state index in [1.807, 2.05) is 0 Å². The van der Waals surface area contributed by atoms with Gasteiger partial charge in [0.25, 0.3) is 0 Å². The molecule has 1 aromatic rings. The number of nitrogen functional groups attached to an aromatic ring is 1. The van der Waals surface area contributed by atoms with Crippen molar-refractivity contribution >= 4 is 33.7 Å². The summed E-state index contributed by atoms with van der Waals surface area (Å²) in [5, 5.41) is 19.3. The highest BCUT2D eigenvalue weighted by Gasteiger charge is 2.43. The Morgan fingerprint density at radius 2 is 2.27 bits per heavy atom. The number of hydrogen-bond donors (Lipinski definition) is 4. The maximum Gasteiger partial charge on any atom is 0.351 e. The van der Waals surface area contributed by atoms with Crippen LogP contribution < -0.4 is 17.2 Å². The second-order valence-corrected chi connectivity index (χ2v) is 5.75. The number of anilines is 1. The minimum Gasteiger partial charge on any atom is -0.394 e. The number of carbonyl (C=O) groups is 1. The Labute approximate surface area is 133 Å². The summed E-state index contributed by atoms with van der Waals surface area (Å²) in [6, 6.07) is 0. The van der Waals surface area contributed by atoms with Gasteiger partial charge in [0.2, 0.25) is 5.91 Å². The van der Waals surface area contributed by atoms with Gasteiger partial charge in [-0.2, -0.15) is 4.98 Å². The van der Waals surface area contributed by atoms with E-state index in [1.165, 1.54) is 12.3 Å². The molecule has 0 aliphatic carbocycles. The highest BCUT2D eigenvalue weighted by Crippen LogP contribution is 2.33. The quantitative estimate of drug-likeness (QED) is 0.363. The number of aromatic nitrogens is 2. The third kappa shape index (κ3) is 3.19. The molecule has 0 unspecified atom stereocenters. The summed E-state index contributed by atoms with van der Waals surface area (Å²) in [4.78, 5) is 25.8. The van der Waals surface area contributed by atoms with Crippen molar-refractivity contribution in [3.05, 3.63) is 28.3 Å². The molecule has 2 heterocycles. The molecule has 0 aromatic carbocycles. The number of alkyl halides is 1. The zero-order valence-corrected chi connectivity index (χ0v) is 12.9. The summed E-state index contributed by atoms with van der Waals surface area (Å²) in [6.45, 7) is -0.324. The van der Waals surface area contributed by atoms with Crippen LogP contribution in [0.2, 0.25) is 0 Å². The van der Waals surface area contributed by atoms with Gasteiger partial charge >= 0.3 is 5.69 Å². The van der Waals surface area contributed by atoms with Crippen molar-refractivity contribution in [3.8, 4) is 0 Å². The van der Waals surface area contributed by atoms with Crippen LogP contribution in [0.5, 0.6) is 0 Å². The van der Waals surface area contributed by atoms with Gasteiger partial charge in [0, 0.05) is 17.8 Å². The highest BCUT2D eigenvalue weighted by molar-refractivity contribution is 9.09. The molecule has 10 heteroatoms. The molecule has 1 aromatic heterocycles. The largest absolute Gasteiger partial charge is 0.394 e. The van der Waals surface area contributed by atoms with Gasteiger partial charge in [-0.3, -0.25) is 9.36 Å². The summed E-state index contributed by atoms with van der Waals surface area (Å²) < 4.78 is 6.49. The zero-order valence-electron chi connectivity index (χ0n) is 11.3. The summed E-state index contributed by atoms with van der Waals surface area (Å²) in [7, 11) is 0. The molecule has 2 rings (SSSR count). The van der Waals surface area contributed by atoms with Crippen LogP contribution >= 0.6 is 15.9 Å². The highest BCUT2D eigenvalue weighted by atomic mass is 79.9. The van der Waals surface area contributed by atoms with Gasteiger partial charge in [0.1, 0.15) is 11.9 Å². The number of rotatable bonds is 4. The van der Waals surface area contributed by atoms with E-state index < -0.39 is 34.9 Å². The van der Waals surface area contributed by atoms with Crippen LogP contribution in [0.1, 0.15) is 11.8 Å². The third-order valence-electron chi connectivity index (χ3n) is 3.18. The van der Waals surface area contributed by atoms with Gasteiger partial charge in [-0.25, -0.2) is 4.79 Å². The number of primary amides is 1. The molecule has 9 nitrogen and oxygen atoms in total. The summed E-state index contributed by atoms with van der Waals surface area (Å²) in [5.74, 6) is -0.768. The van der Waals surface area contributed by atoms with E-state index in [4.69, 9.17) is 16.2 Å². The Morgan fingerprint density at radius 1 is 1.59 bits per heavy atom. The molecule has 22 heavy (non-hydrogen) atoms. The average Bonchev–Trinajstić information content (AvgIpc) is 2.74. The van der Waals surface area contributed by atoms with Crippen LogP contribution in [0, 0.1) is 0 Å². The fraction of sp³-hybridized carbons (Fsp3) is 0.417. The lowest BCUT2D eigenvalue weighted by molar-refractivity contribution is -0.113. The number of amides is 1. The van der Waals surface area contributed by atoms with Crippen LogP contribution in [-0.2, 0) is 9.53 Å². The first kappa shape index (κ1) is 16.6. The number of hydrogen-bond acceptors (Lipinski definition) is 7. The van der Waals surface area contributed by atoms with E-state index in [2.05, 4.69) is 20.9 Å². The topological polar surface area (TPSA) is 154 Å². The third-order valence-corrected chi connectivity index (χ3v) is 4.31. The van der Waals surface area contributed by atoms with Crippen molar-refractivity contribution in [3.63, 3.8) is 0 Å². The molecule has 0 saturated carbocycles. The molecule has 1 saturated heterocycles. The lowest BCUT2D eigenvalue weighted by Gasteiger charge is -2.18. The van der Waals surface area contributed by atoms with Gasteiger partial charge in [-0.1, -0.05) is 15.9 Å². The Hall–Kier alpha value is -1.75. The van der Waals surface area contributed by atoms with Gasteiger partial charge in [-0.15, -0.1) is 0 Å². The van der Waals surface area contributed by atoms with Crippen molar-refractivity contribution in [2.45, 2.75) is 23.3 Å². The minimum atomic E-state index is -1.08. The van der Waals surface area contributed by atoms with Crippen LogP contribution in [0.4, 0.5) is 5.82 Å². The Bertz CT molecular complexity index is 661. The summed E-state index contributed by atoms with van der Waals surface area (Å²) >= 11 is 3.20. The second kappa shape index (κ2) is 6.57. The molecule has 1 aliphatic rings. The van der Waals surface area contributed by atoms with E-state index in [0.717, 1.165) is 10.6 Å². The molecule has 1 aliphatic heterocycles. The normalized spacial score (nSPS) is 28.3. The first-order valence-electron chi connectivity index (χ1n) is 6.29. The Kier molecular flexibility index (Phi) is 4.96. The molecule has 1 amide bonds. The maximum absolute atomic E-state index is 12.0. The molecule has 0 spiro atoms. The molecule has 120 valence electrons. The first-order chi connectivity index (χ1) is 10.3. The van der Waals surface area contributed by atoms with Crippen molar-refractivity contribution in [2.75, 3.05) is 12.3 Å². The minimum absolute atomic E-state index is 0.0830. The number of nitrogens with zero attached hydrogens (tertiary/aromatic N) is 2. The fourth-order valence-corrected chi connectivity index (χ4v) is 2.62. The molecule has 0 bridgehead atoms. The van der Waals surface area contributed by atoms with E-state index in [9.17, 15) is 19.8 Å². The van der Waals surface area contributed by atoms with Crippen LogP contribution in [0.3, 0.4) is 0 Å². The molecular weight excluding hydrogens is 360 g/mol. The maximum atomic E-state index is 12.0. The van der Waals surface area contributed by atoms with Gasteiger partial charge in [-0.05, 0) is 6.08 Å². The molecule has 4 atom stereocenters. The Morgan fingerprint density at radius 3 is 2.82 bits per heavy atom. The average molecular weight is 375 g/mol. The Balaban J connectivity index is 2.41. The molecule has 6 N–H and O–H groups in total. The summed E-state index contributed by atoms with van der Waals surface area (Å²) in [6.07, 6.45) is 0.886. The lowest BCUT2D eigenvalue weighted by atomic mass is 10.2. The number of halogens is 1. The van der Waals surface area contributed by atoms with E-state index >= 15 is 0 Å². The van der Waals surface area contributed by atoms with Crippen molar-refractivity contribution < 1.29 is 19.7 Å². The summed E-state index contributed by atoms with van der Waals surface area (Å²) in [5.41, 5.74) is 10.2. The van der Waals surface area contributed by atoms with E-state index in [-0.39, 0.29) is 18.0 Å². The fourth-order valence-electron chi connectivity index (χ4n) is 2.06.